The van der Waals surface area contributed by atoms with Crippen LogP contribution in [0.1, 0.15) is 33.1 Å². The largest absolute Gasteiger partial charge is 0.354 e. The summed E-state index contributed by atoms with van der Waals surface area (Å²) >= 11 is 0. The van der Waals surface area contributed by atoms with Gasteiger partial charge in [-0.15, -0.1) is 0 Å². The molecule has 0 spiro atoms. The highest BCUT2D eigenvalue weighted by molar-refractivity contribution is 4.83. The Morgan fingerprint density at radius 1 is 1.07 bits per heavy atom. The van der Waals surface area contributed by atoms with E-state index in [9.17, 15) is 0 Å². The van der Waals surface area contributed by atoms with Crippen molar-refractivity contribution in [1.29, 1.82) is 0 Å². The van der Waals surface area contributed by atoms with E-state index in [2.05, 4.69) is 13.8 Å². The van der Waals surface area contributed by atoms with E-state index < -0.39 is 0 Å². The fourth-order valence-corrected chi connectivity index (χ4v) is 2.57. The zero-order valence-corrected chi connectivity index (χ0v) is 10.4. The molecule has 0 bridgehead atoms. The van der Waals surface area contributed by atoms with Crippen molar-refractivity contribution in [3.63, 3.8) is 0 Å². The third-order valence-electron chi connectivity index (χ3n) is 3.96. The molecule has 0 amide bonds. The van der Waals surface area contributed by atoms with Crippen LogP contribution in [-0.4, -0.2) is 26.6 Å². The first kappa shape index (κ1) is 12.9. The van der Waals surface area contributed by atoms with Gasteiger partial charge in [0.25, 0.3) is 0 Å². The molecule has 0 aliphatic heterocycles. The van der Waals surface area contributed by atoms with Gasteiger partial charge in [-0.3, -0.25) is 0 Å². The first-order chi connectivity index (χ1) is 7.10. The molecule has 0 aromatic rings. The minimum atomic E-state index is -0.254. The van der Waals surface area contributed by atoms with Gasteiger partial charge in [-0.2, -0.15) is 0 Å². The van der Waals surface area contributed by atoms with Crippen molar-refractivity contribution in [2.24, 2.45) is 23.5 Å². The molecule has 1 rings (SSSR count). The van der Waals surface area contributed by atoms with Crippen molar-refractivity contribution < 1.29 is 9.47 Å². The van der Waals surface area contributed by atoms with E-state index in [1.165, 1.54) is 19.3 Å². The summed E-state index contributed by atoms with van der Waals surface area (Å²) in [5.41, 5.74) is 6.17. The van der Waals surface area contributed by atoms with Crippen LogP contribution < -0.4 is 5.73 Å². The lowest BCUT2D eigenvalue weighted by Crippen LogP contribution is -2.45. The zero-order valence-electron chi connectivity index (χ0n) is 10.4. The Hall–Kier alpha value is -0.120. The molecule has 3 heteroatoms. The monoisotopic (exact) mass is 215 g/mol. The third-order valence-corrected chi connectivity index (χ3v) is 3.96. The number of hydrogen-bond acceptors (Lipinski definition) is 3. The molecule has 1 saturated carbocycles. The van der Waals surface area contributed by atoms with E-state index in [-0.39, 0.29) is 12.3 Å². The topological polar surface area (TPSA) is 44.5 Å². The normalized spacial score (nSPS) is 34.4. The lowest BCUT2D eigenvalue weighted by atomic mass is 9.73. The maximum absolute atomic E-state index is 6.17. The molecule has 0 radical (unpaired) electrons. The van der Waals surface area contributed by atoms with Crippen molar-refractivity contribution in [2.75, 3.05) is 14.2 Å². The molecular formula is C12H25NO2. The van der Waals surface area contributed by atoms with Crippen molar-refractivity contribution in [1.82, 2.24) is 0 Å². The van der Waals surface area contributed by atoms with Crippen LogP contribution >= 0.6 is 0 Å². The molecule has 4 atom stereocenters. The number of hydrogen-bond donors (Lipinski definition) is 1. The fourth-order valence-electron chi connectivity index (χ4n) is 2.57. The smallest absolute Gasteiger partial charge is 0.172 e. The van der Waals surface area contributed by atoms with Gasteiger partial charge in [0.2, 0.25) is 0 Å². The Kier molecular flexibility index (Phi) is 5.03. The van der Waals surface area contributed by atoms with Crippen LogP contribution in [0.4, 0.5) is 0 Å². The third kappa shape index (κ3) is 3.16. The second kappa shape index (κ2) is 5.83. The SMILES string of the molecule is COC(OC)C(N)C1CCC(C)C(C)C1. The average molecular weight is 215 g/mol. The highest BCUT2D eigenvalue weighted by Crippen LogP contribution is 2.35. The molecule has 1 aliphatic rings. The van der Waals surface area contributed by atoms with Crippen molar-refractivity contribution in [2.45, 2.75) is 45.4 Å². The number of rotatable bonds is 4. The number of ether oxygens (including phenoxy) is 2. The first-order valence-electron chi connectivity index (χ1n) is 5.91. The second-order valence-electron chi connectivity index (χ2n) is 4.94. The predicted octanol–water partition coefficient (Wildman–Crippen LogP) is 2.00. The summed E-state index contributed by atoms with van der Waals surface area (Å²) in [5, 5.41) is 0. The average Bonchev–Trinajstić information content (AvgIpc) is 2.23. The minimum Gasteiger partial charge on any atom is -0.354 e. The molecule has 3 nitrogen and oxygen atoms in total. The summed E-state index contributed by atoms with van der Waals surface area (Å²) in [6.45, 7) is 4.65. The van der Waals surface area contributed by atoms with Gasteiger partial charge in [-0.05, 0) is 30.6 Å². The summed E-state index contributed by atoms with van der Waals surface area (Å²) in [6, 6.07) is 0.00921. The summed E-state index contributed by atoms with van der Waals surface area (Å²) in [7, 11) is 3.31. The van der Waals surface area contributed by atoms with Crippen LogP contribution in [0.15, 0.2) is 0 Å². The van der Waals surface area contributed by atoms with Crippen molar-refractivity contribution >= 4 is 0 Å². The Balaban J connectivity index is 2.49. The Morgan fingerprint density at radius 3 is 2.13 bits per heavy atom. The van der Waals surface area contributed by atoms with E-state index in [1.807, 2.05) is 0 Å². The van der Waals surface area contributed by atoms with Crippen LogP contribution in [0, 0.1) is 17.8 Å². The van der Waals surface area contributed by atoms with E-state index in [4.69, 9.17) is 15.2 Å². The lowest BCUT2D eigenvalue weighted by Gasteiger charge is -2.37. The fraction of sp³-hybridized carbons (Fsp3) is 1.00. The quantitative estimate of drug-likeness (QED) is 0.730. The van der Waals surface area contributed by atoms with Crippen LogP contribution in [0.2, 0.25) is 0 Å². The van der Waals surface area contributed by atoms with Gasteiger partial charge in [0.15, 0.2) is 6.29 Å². The van der Waals surface area contributed by atoms with Crippen LogP contribution in [0.5, 0.6) is 0 Å². The van der Waals surface area contributed by atoms with Gasteiger partial charge in [0.1, 0.15) is 0 Å². The van der Waals surface area contributed by atoms with Gasteiger partial charge < -0.3 is 15.2 Å². The highest BCUT2D eigenvalue weighted by atomic mass is 16.7. The van der Waals surface area contributed by atoms with Gasteiger partial charge in [-0.1, -0.05) is 20.3 Å². The van der Waals surface area contributed by atoms with Crippen molar-refractivity contribution in [3.8, 4) is 0 Å². The van der Waals surface area contributed by atoms with E-state index in [0.717, 1.165) is 11.8 Å². The van der Waals surface area contributed by atoms with Gasteiger partial charge >= 0.3 is 0 Å². The molecule has 4 unspecified atom stereocenters. The molecular weight excluding hydrogens is 190 g/mol. The first-order valence-corrected chi connectivity index (χ1v) is 5.91. The van der Waals surface area contributed by atoms with Crippen LogP contribution in [0.25, 0.3) is 0 Å². The Labute approximate surface area is 93.3 Å². The molecule has 2 N–H and O–H groups in total. The summed E-state index contributed by atoms with van der Waals surface area (Å²) in [5.74, 6) is 2.14. The number of nitrogens with two attached hydrogens (primary N) is 1. The van der Waals surface area contributed by atoms with Gasteiger partial charge in [0.05, 0.1) is 6.04 Å². The van der Waals surface area contributed by atoms with E-state index >= 15 is 0 Å². The maximum atomic E-state index is 6.17. The molecule has 1 fully saturated rings. The maximum Gasteiger partial charge on any atom is 0.172 e. The highest BCUT2D eigenvalue weighted by Gasteiger charge is 2.32. The predicted molar refractivity (Wildman–Crippen MR) is 61.5 cm³/mol. The molecule has 1 aliphatic carbocycles. The van der Waals surface area contributed by atoms with Gasteiger partial charge in [-0.25, -0.2) is 0 Å². The van der Waals surface area contributed by atoms with Crippen LogP contribution in [-0.2, 0) is 9.47 Å². The zero-order chi connectivity index (χ0) is 11.4. The van der Waals surface area contributed by atoms with E-state index in [1.54, 1.807) is 14.2 Å². The molecule has 0 aromatic heterocycles. The number of methoxy groups -OCH3 is 2. The standard InChI is InChI=1S/C12H25NO2/c1-8-5-6-10(7-9(8)2)11(13)12(14-3)15-4/h8-12H,5-7,13H2,1-4H3. The summed E-state index contributed by atoms with van der Waals surface area (Å²) < 4.78 is 10.5. The molecule has 0 aromatic carbocycles. The Bertz CT molecular complexity index is 182. The molecule has 0 heterocycles. The lowest BCUT2D eigenvalue weighted by molar-refractivity contribution is -0.129. The Morgan fingerprint density at radius 2 is 1.67 bits per heavy atom. The van der Waals surface area contributed by atoms with E-state index in [0.29, 0.717) is 5.92 Å². The van der Waals surface area contributed by atoms with Crippen molar-refractivity contribution in [3.05, 3.63) is 0 Å². The molecule has 15 heavy (non-hydrogen) atoms. The molecule has 90 valence electrons. The minimum absolute atomic E-state index is 0.00921. The second-order valence-corrected chi connectivity index (χ2v) is 4.94. The molecule has 0 saturated heterocycles. The van der Waals surface area contributed by atoms with Gasteiger partial charge in [0, 0.05) is 14.2 Å². The summed E-state index contributed by atoms with van der Waals surface area (Å²) in [4.78, 5) is 0. The van der Waals surface area contributed by atoms with Crippen LogP contribution in [0.3, 0.4) is 0 Å². The summed E-state index contributed by atoms with van der Waals surface area (Å²) in [6.07, 6.45) is 3.43.